The van der Waals surface area contributed by atoms with Gasteiger partial charge in [-0.2, -0.15) is 5.26 Å². The fraction of sp³-hybridized carbons (Fsp3) is 0.467. The van der Waals surface area contributed by atoms with Crippen LogP contribution in [-0.4, -0.2) is 18.5 Å². The zero-order valence-electron chi connectivity index (χ0n) is 11.0. The van der Waals surface area contributed by atoms with E-state index in [-0.39, 0.29) is 5.91 Å². The molecule has 0 heterocycles. The van der Waals surface area contributed by atoms with Gasteiger partial charge in [-0.05, 0) is 25.0 Å². The van der Waals surface area contributed by atoms with Gasteiger partial charge < -0.3 is 10.6 Å². The third kappa shape index (κ3) is 3.99. The summed E-state index contributed by atoms with van der Waals surface area (Å²) in [4.78, 5) is 11.7. The van der Waals surface area contributed by atoms with Crippen LogP contribution in [0.1, 0.15) is 37.7 Å². The lowest BCUT2D eigenvalue weighted by Crippen LogP contribution is -2.33. The summed E-state index contributed by atoms with van der Waals surface area (Å²) >= 11 is 0. The summed E-state index contributed by atoms with van der Waals surface area (Å²) in [5.74, 6) is 0.0915. The number of nitriles is 1. The number of hydrogen-bond acceptors (Lipinski definition) is 3. The number of nitrogens with zero attached hydrogens (tertiary/aromatic N) is 1. The van der Waals surface area contributed by atoms with E-state index in [4.69, 9.17) is 5.26 Å². The first-order valence-corrected chi connectivity index (χ1v) is 6.82. The van der Waals surface area contributed by atoms with Crippen molar-refractivity contribution in [1.29, 1.82) is 5.26 Å². The molecular formula is C15H19N3O. The van der Waals surface area contributed by atoms with Crippen molar-refractivity contribution in [3.8, 4) is 6.07 Å². The molecule has 1 aliphatic carbocycles. The van der Waals surface area contributed by atoms with Gasteiger partial charge in [0, 0.05) is 19.0 Å². The first-order valence-electron chi connectivity index (χ1n) is 6.82. The van der Waals surface area contributed by atoms with Gasteiger partial charge in [0.05, 0.1) is 11.3 Å². The second-order valence-corrected chi connectivity index (χ2v) is 4.88. The highest BCUT2D eigenvalue weighted by atomic mass is 16.1. The monoisotopic (exact) mass is 257 g/mol. The summed E-state index contributed by atoms with van der Waals surface area (Å²) < 4.78 is 0. The predicted molar refractivity (Wildman–Crippen MR) is 74.7 cm³/mol. The number of benzene rings is 1. The topological polar surface area (TPSA) is 64.9 Å². The SMILES string of the molecule is N#Cc1ccccc1NCCC(=O)NC1CCCC1. The van der Waals surface area contributed by atoms with Crippen LogP contribution in [0.3, 0.4) is 0 Å². The molecular weight excluding hydrogens is 238 g/mol. The maximum absolute atomic E-state index is 11.7. The molecule has 0 radical (unpaired) electrons. The Balaban J connectivity index is 1.74. The van der Waals surface area contributed by atoms with E-state index in [1.54, 1.807) is 6.07 Å². The number of para-hydroxylation sites is 1. The minimum Gasteiger partial charge on any atom is -0.383 e. The molecule has 1 saturated carbocycles. The van der Waals surface area contributed by atoms with Crippen molar-refractivity contribution in [2.24, 2.45) is 0 Å². The zero-order valence-corrected chi connectivity index (χ0v) is 11.0. The van der Waals surface area contributed by atoms with Crippen molar-refractivity contribution in [1.82, 2.24) is 5.32 Å². The van der Waals surface area contributed by atoms with Gasteiger partial charge in [0.15, 0.2) is 0 Å². The number of rotatable bonds is 5. The molecule has 0 aromatic heterocycles. The Morgan fingerprint density at radius 2 is 2.05 bits per heavy atom. The number of carbonyl (C=O) groups is 1. The van der Waals surface area contributed by atoms with Crippen LogP contribution in [0, 0.1) is 11.3 Å². The van der Waals surface area contributed by atoms with E-state index in [1.165, 1.54) is 12.8 Å². The van der Waals surface area contributed by atoms with E-state index in [2.05, 4.69) is 16.7 Å². The molecule has 0 aliphatic heterocycles. The van der Waals surface area contributed by atoms with Gasteiger partial charge >= 0.3 is 0 Å². The van der Waals surface area contributed by atoms with Crippen LogP contribution in [-0.2, 0) is 4.79 Å². The van der Waals surface area contributed by atoms with Crippen molar-refractivity contribution in [2.75, 3.05) is 11.9 Å². The van der Waals surface area contributed by atoms with Crippen molar-refractivity contribution in [2.45, 2.75) is 38.1 Å². The van der Waals surface area contributed by atoms with Gasteiger partial charge in [0.1, 0.15) is 6.07 Å². The van der Waals surface area contributed by atoms with Crippen LogP contribution in [0.2, 0.25) is 0 Å². The van der Waals surface area contributed by atoms with Crippen molar-refractivity contribution < 1.29 is 4.79 Å². The molecule has 1 fully saturated rings. The van der Waals surface area contributed by atoms with Gasteiger partial charge in [-0.25, -0.2) is 0 Å². The number of amides is 1. The smallest absolute Gasteiger partial charge is 0.221 e. The molecule has 1 aliphatic rings. The molecule has 2 rings (SSSR count). The molecule has 19 heavy (non-hydrogen) atoms. The van der Waals surface area contributed by atoms with Gasteiger partial charge in [-0.1, -0.05) is 25.0 Å². The second kappa shape index (κ2) is 6.79. The largest absolute Gasteiger partial charge is 0.383 e. The Labute approximate surface area is 113 Å². The molecule has 4 nitrogen and oxygen atoms in total. The Bertz CT molecular complexity index is 473. The number of nitrogens with one attached hydrogen (secondary N) is 2. The minimum atomic E-state index is 0.0915. The summed E-state index contributed by atoms with van der Waals surface area (Å²) in [6.07, 6.45) is 5.10. The standard InChI is InChI=1S/C15H19N3O/c16-11-12-5-1-4-8-14(12)17-10-9-15(19)18-13-6-2-3-7-13/h1,4-5,8,13,17H,2-3,6-7,9-10H2,(H,18,19). The average molecular weight is 257 g/mol. The van der Waals surface area contributed by atoms with Gasteiger partial charge in [-0.3, -0.25) is 4.79 Å². The van der Waals surface area contributed by atoms with Crippen LogP contribution in [0.5, 0.6) is 0 Å². The second-order valence-electron chi connectivity index (χ2n) is 4.88. The van der Waals surface area contributed by atoms with Crippen LogP contribution in [0.25, 0.3) is 0 Å². The number of carbonyl (C=O) groups excluding carboxylic acids is 1. The molecule has 100 valence electrons. The molecule has 2 N–H and O–H groups in total. The molecule has 0 spiro atoms. The fourth-order valence-electron chi connectivity index (χ4n) is 2.42. The molecule has 0 atom stereocenters. The molecule has 0 bridgehead atoms. The summed E-state index contributed by atoms with van der Waals surface area (Å²) in [5.41, 5.74) is 1.40. The Hall–Kier alpha value is -2.02. The van der Waals surface area contributed by atoms with E-state index >= 15 is 0 Å². The van der Waals surface area contributed by atoms with Crippen molar-refractivity contribution in [3.05, 3.63) is 29.8 Å². The predicted octanol–water partition coefficient (Wildman–Crippen LogP) is 2.42. The summed E-state index contributed by atoms with van der Waals surface area (Å²) in [5, 5.41) is 15.1. The highest BCUT2D eigenvalue weighted by molar-refractivity contribution is 5.77. The van der Waals surface area contributed by atoms with Crippen molar-refractivity contribution in [3.63, 3.8) is 0 Å². The fourth-order valence-corrected chi connectivity index (χ4v) is 2.42. The molecule has 1 aromatic rings. The minimum absolute atomic E-state index is 0.0915. The van der Waals surface area contributed by atoms with Crippen LogP contribution in [0.4, 0.5) is 5.69 Å². The molecule has 4 heteroatoms. The first kappa shape index (κ1) is 13.4. The van der Waals surface area contributed by atoms with E-state index < -0.39 is 0 Å². The zero-order chi connectivity index (χ0) is 13.5. The van der Waals surface area contributed by atoms with E-state index in [1.807, 2.05) is 18.2 Å². The number of anilines is 1. The third-order valence-electron chi connectivity index (χ3n) is 3.44. The lowest BCUT2D eigenvalue weighted by atomic mass is 10.2. The first-order chi connectivity index (χ1) is 9.29. The Morgan fingerprint density at radius 3 is 2.79 bits per heavy atom. The highest BCUT2D eigenvalue weighted by Gasteiger charge is 2.16. The Morgan fingerprint density at radius 1 is 1.32 bits per heavy atom. The lowest BCUT2D eigenvalue weighted by Gasteiger charge is -2.12. The van der Waals surface area contributed by atoms with E-state index in [9.17, 15) is 4.79 Å². The quantitative estimate of drug-likeness (QED) is 0.851. The summed E-state index contributed by atoms with van der Waals surface area (Å²) in [6, 6.07) is 9.83. The maximum atomic E-state index is 11.7. The maximum Gasteiger partial charge on any atom is 0.221 e. The van der Waals surface area contributed by atoms with Gasteiger partial charge in [0.25, 0.3) is 0 Å². The van der Waals surface area contributed by atoms with Gasteiger partial charge in [0.2, 0.25) is 5.91 Å². The molecule has 0 unspecified atom stereocenters. The summed E-state index contributed by atoms with van der Waals surface area (Å²) in [6.45, 7) is 0.553. The van der Waals surface area contributed by atoms with Crippen molar-refractivity contribution >= 4 is 11.6 Å². The van der Waals surface area contributed by atoms with Crippen LogP contribution >= 0.6 is 0 Å². The molecule has 1 amide bonds. The molecule has 0 saturated heterocycles. The number of hydrogen-bond donors (Lipinski definition) is 2. The normalized spacial score (nSPS) is 14.9. The Kier molecular flexibility index (Phi) is 4.79. The average Bonchev–Trinajstić information content (AvgIpc) is 2.92. The highest BCUT2D eigenvalue weighted by Crippen LogP contribution is 2.17. The summed E-state index contributed by atoms with van der Waals surface area (Å²) in [7, 11) is 0. The lowest BCUT2D eigenvalue weighted by molar-refractivity contribution is -0.121. The van der Waals surface area contributed by atoms with Gasteiger partial charge in [-0.15, -0.1) is 0 Å². The van der Waals surface area contributed by atoms with Crippen LogP contribution in [0.15, 0.2) is 24.3 Å². The van der Waals surface area contributed by atoms with Crippen LogP contribution < -0.4 is 10.6 Å². The third-order valence-corrected chi connectivity index (χ3v) is 3.44. The molecule has 1 aromatic carbocycles. The van der Waals surface area contributed by atoms with E-state index in [0.29, 0.717) is 24.6 Å². The van der Waals surface area contributed by atoms with E-state index in [0.717, 1.165) is 18.5 Å².